The normalized spacial score (nSPS) is 26.9. The number of carbonyl (C=O) groups excluding carboxylic acids is 1. The second-order valence-electron chi connectivity index (χ2n) is 6.52. The van der Waals surface area contributed by atoms with Gasteiger partial charge >= 0.3 is 0 Å². The van der Waals surface area contributed by atoms with Crippen molar-refractivity contribution >= 4 is 17.7 Å². The van der Waals surface area contributed by atoms with Gasteiger partial charge in [-0.15, -0.1) is 0 Å². The Labute approximate surface area is 116 Å². The van der Waals surface area contributed by atoms with Crippen LogP contribution in [0, 0.1) is 11.3 Å². The standard InChI is InChI=1S/C15H27NOS/c1-15(2)11-13(15)14(17)16-9-6-10-18-12-7-4-3-5-8-12/h12-13H,3-11H2,1-2H3,(H,16,17). The van der Waals surface area contributed by atoms with Crippen LogP contribution in [0.15, 0.2) is 0 Å². The summed E-state index contributed by atoms with van der Waals surface area (Å²) >= 11 is 2.12. The van der Waals surface area contributed by atoms with Gasteiger partial charge in [-0.3, -0.25) is 4.79 Å². The van der Waals surface area contributed by atoms with Crippen molar-refractivity contribution < 1.29 is 4.79 Å². The van der Waals surface area contributed by atoms with E-state index in [0.29, 0.717) is 0 Å². The molecule has 2 fully saturated rings. The molecule has 0 spiro atoms. The Hall–Kier alpha value is -0.180. The van der Waals surface area contributed by atoms with Gasteiger partial charge in [-0.05, 0) is 36.9 Å². The van der Waals surface area contributed by atoms with Crippen molar-refractivity contribution in [2.24, 2.45) is 11.3 Å². The predicted octanol–water partition coefficient (Wildman–Crippen LogP) is 3.60. The molecule has 0 saturated heterocycles. The summed E-state index contributed by atoms with van der Waals surface area (Å²) in [5.74, 6) is 1.77. The van der Waals surface area contributed by atoms with Gasteiger partial charge in [-0.2, -0.15) is 11.8 Å². The van der Waals surface area contributed by atoms with Crippen LogP contribution in [0.4, 0.5) is 0 Å². The molecular formula is C15H27NOS. The number of rotatable bonds is 6. The van der Waals surface area contributed by atoms with Crippen molar-refractivity contribution in [2.45, 2.75) is 64.0 Å². The number of hydrogen-bond donors (Lipinski definition) is 1. The summed E-state index contributed by atoms with van der Waals surface area (Å²) in [4.78, 5) is 11.8. The molecule has 0 radical (unpaired) electrons. The Morgan fingerprint density at radius 3 is 2.56 bits per heavy atom. The molecule has 0 aromatic carbocycles. The number of carbonyl (C=O) groups is 1. The van der Waals surface area contributed by atoms with Crippen LogP contribution in [0.5, 0.6) is 0 Å². The molecule has 0 bridgehead atoms. The largest absolute Gasteiger partial charge is 0.356 e. The summed E-state index contributed by atoms with van der Waals surface area (Å²) in [5, 5.41) is 3.99. The van der Waals surface area contributed by atoms with Crippen LogP contribution in [0.1, 0.15) is 58.8 Å². The molecule has 2 rings (SSSR count). The van der Waals surface area contributed by atoms with E-state index in [9.17, 15) is 4.79 Å². The van der Waals surface area contributed by atoms with Gasteiger partial charge in [0.2, 0.25) is 5.91 Å². The molecule has 2 aliphatic carbocycles. The van der Waals surface area contributed by atoms with E-state index >= 15 is 0 Å². The third kappa shape index (κ3) is 4.18. The minimum absolute atomic E-state index is 0.265. The Bertz CT molecular complexity index is 284. The zero-order valence-corrected chi connectivity index (χ0v) is 12.7. The lowest BCUT2D eigenvalue weighted by Gasteiger charge is -2.20. The van der Waals surface area contributed by atoms with E-state index < -0.39 is 0 Å². The monoisotopic (exact) mass is 269 g/mol. The van der Waals surface area contributed by atoms with Gasteiger partial charge in [0.15, 0.2) is 0 Å². The highest BCUT2D eigenvalue weighted by molar-refractivity contribution is 7.99. The van der Waals surface area contributed by atoms with Crippen LogP contribution in [0.25, 0.3) is 0 Å². The lowest BCUT2D eigenvalue weighted by Crippen LogP contribution is -2.27. The summed E-state index contributed by atoms with van der Waals surface area (Å²) in [6.07, 6.45) is 9.29. The summed E-state index contributed by atoms with van der Waals surface area (Å²) in [6.45, 7) is 5.22. The fourth-order valence-electron chi connectivity index (χ4n) is 2.80. The molecule has 0 aromatic rings. The van der Waals surface area contributed by atoms with Crippen LogP contribution in [-0.2, 0) is 4.79 Å². The van der Waals surface area contributed by atoms with Crippen molar-refractivity contribution in [2.75, 3.05) is 12.3 Å². The van der Waals surface area contributed by atoms with Crippen molar-refractivity contribution in [1.29, 1.82) is 0 Å². The van der Waals surface area contributed by atoms with Crippen molar-refractivity contribution in [1.82, 2.24) is 5.32 Å². The first kappa shape index (κ1) is 14.2. The second-order valence-corrected chi connectivity index (χ2v) is 7.93. The minimum Gasteiger partial charge on any atom is -0.356 e. The van der Waals surface area contributed by atoms with Gasteiger partial charge in [-0.25, -0.2) is 0 Å². The van der Waals surface area contributed by atoms with Gasteiger partial charge in [0, 0.05) is 17.7 Å². The maximum absolute atomic E-state index is 11.8. The lowest BCUT2D eigenvalue weighted by molar-refractivity contribution is -0.122. The third-order valence-electron chi connectivity index (χ3n) is 4.36. The molecule has 2 nitrogen and oxygen atoms in total. The fraction of sp³-hybridized carbons (Fsp3) is 0.933. The molecule has 18 heavy (non-hydrogen) atoms. The van der Waals surface area contributed by atoms with E-state index in [-0.39, 0.29) is 17.2 Å². The Kier molecular flexibility index (Phi) is 4.99. The Balaban J connectivity index is 1.47. The second kappa shape index (κ2) is 6.31. The molecule has 1 amide bonds. The summed E-state index contributed by atoms with van der Waals surface area (Å²) < 4.78 is 0. The number of amides is 1. The molecular weight excluding hydrogens is 242 g/mol. The highest BCUT2D eigenvalue weighted by Gasteiger charge is 2.50. The molecule has 3 heteroatoms. The molecule has 0 aromatic heterocycles. The maximum Gasteiger partial charge on any atom is 0.223 e. The van der Waals surface area contributed by atoms with E-state index in [4.69, 9.17) is 0 Å². The average Bonchev–Trinajstić information content (AvgIpc) is 2.99. The van der Waals surface area contributed by atoms with Crippen molar-refractivity contribution in [3.8, 4) is 0 Å². The Morgan fingerprint density at radius 2 is 1.94 bits per heavy atom. The van der Waals surface area contributed by atoms with Gasteiger partial charge in [-0.1, -0.05) is 33.1 Å². The zero-order chi connectivity index (χ0) is 13.0. The van der Waals surface area contributed by atoms with Gasteiger partial charge in [0.25, 0.3) is 0 Å². The maximum atomic E-state index is 11.8. The Morgan fingerprint density at radius 1 is 1.28 bits per heavy atom. The van der Waals surface area contributed by atoms with Gasteiger partial charge in [0.05, 0.1) is 0 Å². The molecule has 0 heterocycles. The minimum atomic E-state index is 0.265. The van der Waals surface area contributed by atoms with Crippen LogP contribution in [0.2, 0.25) is 0 Å². The van der Waals surface area contributed by atoms with Crippen molar-refractivity contribution in [3.63, 3.8) is 0 Å². The first-order chi connectivity index (χ1) is 8.59. The summed E-state index contributed by atoms with van der Waals surface area (Å²) in [6, 6.07) is 0. The average molecular weight is 269 g/mol. The van der Waals surface area contributed by atoms with Gasteiger partial charge in [0.1, 0.15) is 0 Å². The quantitative estimate of drug-likeness (QED) is 0.746. The molecule has 1 atom stereocenters. The van der Waals surface area contributed by atoms with Gasteiger partial charge < -0.3 is 5.32 Å². The van der Waals surface area contributed by atoms with E-state index in [0.717, 1.165) is 24.6 Å². The first-order valence-electron chi connectivity index (χ1n) is 7.49. The summed E-state index contributed by atoms with van der Waals surface area (Å²) in [5.41, 5.74) is 0.265. The molecule has 1 N–H and O–H groups in total. The first-order valence-corrected chi connectivity index (χ1v) is 8.54. The van der Waals surface area contributed by atoms with Crippen LogP contribution in [0.3, 0.4) is 0 Å². The van der Waals surface area contributed by atoms with E-state index in [1.165, 1.54) is 37.9 Å². The predicted molar refractivity (Wildman–Crippen MR) is 78.8 cm³/mol. The van der Waals surface area contributed by atoms with Crippen LogP contribution < -0.4 is 5.32 Å². The number of thioether (sulfide) groups is 1. The SMILES string of the molecule is CC1(C)CC1C(=O)NCCCSC1CCCCC1. The molecule has 1 unspecified atom stereocenters. The number of nitrogens with one attached hydrogen (secondary N) is 1. The smallest absolute Gasteiger partial charge is 0.223 e. The van der Waals surface area contributed by atoms with E-state index in [2.05, 4.69) is 30.9 Å². The van der Waals surface area contributed by atoms with Crippen LogP contribution in [-0.4, -0.2) is 23.5 Å². The third-order valence-corrected chi connectivity index (χ3v) is 5.82. The number of hydrogen-bond acceptors (Lipinski definition) is 2. The highest BCUT2D eigenvalue weighted by Crippen LogP contribution is 2.51. The molecule has 0 aliphatic heterocycles. The fourth-order valence-corrected chi connectivity index (χ4v) is 4.11. The molecule has 2 aliphatic rings. The topological polar surface area (TPSA) is 29.1 Å². The lowest BCUT2D eigenvalue weighted by atomic mass is 10.0. The van der Waals surface area contributed by atoms with Crippen molar-refractivity contribution in [3.05, 3.63) is 0 Å². The van der Waals surface area contributed by atoms with E-state index in [1.54, 1.807) is 0 Å². The molecule has 2 saturated carbocycles. The molecule has 104 valence electrons. The zero-order valence-electron chi connectivity index (χ0n) is 11.8. The summed E-state index contributed by atoms with van der Waals surface area (Å²) in [7, 11) is 0. The van der Waals surface area contributed by atoms with Crippen LogP contribution >= 0.6 is 11.8 Å². The van der Waals surface area contributed by atoms with E-state index in [1.807, 2.05) is 0 Å². The highest BCUT2D eigenvalue weighted by atomic mass is 32.2.